The molecule has 7 heteroatoms. The second kappa shape index (κ2) is 11.2. The van der Waals surface area contributed by atoms with Gasteiger partial charge in [0.05, 0.1) is 17.2 Å². The number of benzene rings is 2. The summed E-state index contributed by atoms with van der Waals surface area (Å²) in [4.78, 5) is 13.2. The Morgan fingerprint density at radius 3 is 2.42 bits per heavy atom. The van der Waals surface area contributed by atoms with E-state index in [4.69, 9.17) is 19.3 Å². The third kappa shape index (κ3) is 6.11. The van der Waals surface area contributed by atoms with Crippen molar-refractivity contribution in [1.82, 2.24) is 9.78 Å². The molecule has 0 radical (unpaired) electrons. The maximum atomic E-state index is 12.2. The van der Waals surface area contributed by atoms with Crippen molar-refractivity contribution in [3.8, 4) is 27.8 Å². The van der Waals surface area contributed by atoms with Gasteiger partial charge in [-0.3, -0.25) is 0 Å². The number of thiophene rings is 1. The summed E-state index contributed by atoms with van der Waals surface area (Å²) in [5.74, 6) is 1.05. The van der Waals surface area contributed by atoms with Crippen molar-refractivity contribution >= 4 is 23.4 Å². The molecule has 2 aromatic heterocycles. The van der Waals surface area contributed by atoms with E-state index in [2.05, 4.69) is 0 Å². The van der Waals surface area contributed by atoms with Crippen LogP contribution in [0.25, 0.3) is 22.3 Å². The van der Waals surface area contributed by atoms with Crippen LogP contribution < -0.4 is 9.47 Å². The van der Waals surface area contributed by atoms with Crippen LogP contribution in [-0.4, -0.2) is 35.6 Å². The molecule has 0 amide bonds. The van der Waals surface area contributed by atoms with Crippen LogP contribution in [0, 0.1) is 0 Å². The monoisotopic (exact) mass is 460 g/mol. The lowest BCUT2D eigenvalue weighted by molar-refractivity contribution is -0.138. The van der Waals surface area contributed by atoms with Gasteiger partial charge in [0.1, 0.15) is 30.4 Å². The number of ether oxygens (including phenoxy) is 3. The molecule has 4 aromatic rings. The van der Waals surface area contributed by atoms with Gasteiger partial charge in [0.15, 0.2) is 0 Å². The summed E-state index contributed by atoms with van der Waals surface area (Å²) in [6.45, 7) is 2.97. The molecule has 0 unspecified atom stereocenters. The largest absolute Gasteiger partial charge is 0.494 e. The Bertz CT molecular complexity index is 1180. The minimum atomic E-state index is -0.435. The highest BCUT2D eigenvalue weighted by atomic mass is 32.1. The fourth-order valence-corrected chi connectivity index (χ4v) is 3.86. The Hall–Kier alpha value is -3.84. The quantitative estimate of drug-likeness (QED) is 0.174. The molecule has 6 nitrogen and oxygen atoms in total. The van der Waals surface area contributed by atoms with Crippen LogP contribution in [0.15, 0.2) is 84.4 Å². The fourth-order valence-electron chi connectivity index (χ4n) is 3.13. The van der Waals surface area contributed by atoms with Gasteiger partial charge in [0.2, 0.25) is 0 Å². The summed E-state index contributed by atoms with van der Waals surface area (Å²) < 4.78 is 18.1. The lowest BCUT2D eigenvalue weighted by Crippen LogP contribution is -2.10. The summed E-state index contributed by atoms with van der Waals surface area (Å²) >= 11 is 1.60. The molecule has 0 saturated carbocycles. The van der Waals surface area contributed by atoms with Gasteiger partial charge in [-0.15, -0.1) is 11.3 Å². The molecule has 0 aliphatic rings. The molecule has 0 saturated heterocycles. The van der Waals surface area contributed by atoms with E-state index in [1.165, 1.54) is 6.08 Å². The SMILES string of the molecule is CCOc1ccc(OCCOC(=O)C=Cc2cn(-c3ccccc3)nc2-c2cccs2)cc1. The van der Waals surface area contributed by atoms with Crippen molar-refractivity contribution in [1.29, 1.82) is 0 Å². The normalized spacial score (nSPS) is 10.9. The Labute approximate surface area is 196 Å². The van der Waals surface area contributed by atoms with E-state index in [9.17, 15) is 4.79 Å². The maximum Gasteiger partial charge on any atom is 0.330 e. The van der Waals surface area contributed by atoms with Crippen molar-refractivity contribution in [2.45, 2.75) is 6.92 Å². The van der Waals surface area contributed by atoms with Gasteiger partial charge in [-0.2, -0.15) is 5.10 Å². The Morgan fingerprint density at radius 2 is 1.73 bits per heavy atom. The van der Waals surface area contributed by atoms with Crippen LogP contribution in [0.2, 0.25) is 0 Å². The molecule has 0 spiro atoms. The van der Waals surface area contributed by atoms with Crippen LogP contribution in [0.4, 0.5) is 0 Å². The highest BCUT2D eigenvalue weighted by molar-refractivity contribution is 7.13. The van der Waals surface area contributed by atoms with Gasteiger partial charge in [-0.05, 0) is 60.8 Å². The maximum absolute atomic E-state index is 12.2. The zero-order chi connectivity index (χ0) is 22.9. The average molecular weight is 461 g/mol. The molecule has 0 aliphatic carbocycles. The number of rotatable bonds is 10. The van der Waals surface area contributed by atoms with Crippen LogP contribution in [0.1, 0.15) is 12.5 Å². The molecule has 0 aliphatic heterocycles. The number of hydrogen-bond acceptors (Lipinski definition) is 6. The number of hydrogen-bond donors (Lipinski definition) is 0. The first kappa shape index (κ1) is 22.4. The summed E-state index contributed by atoms with van der Waals surface area (Å²) in [6, 6.07) is 21.2. The molecule has 168 valence electrons. The second-order valence-corrected chi connectivity index (χ2v) is 7.89. The van der Waals surface area contributed by atoms with Crippen molar-refractivity contribution in [3.05, 3.63) is 89.9 Å². The Morgan fingerprint density at radius 1 is 0.970 bits per heavy atom. The first-order chi connectivity index (χ1) is 16.2. The van der Waals surface area contributed by atoms with E-state index in [0.717, 1.165) is 27.6 Å². The molecular formula is C26H24N2O4S. The van der Waals surface area contributed by atoms with Gasteiger partial charge >= 0.3 is 5.97 Å². The molecule has 0 atom stereocenters. The first-order valence-corrected chi connectivity index (χ1v) is 11.5. The summed E-state index contributed by atoms with van der Waals surface area (Å²) in [7, 11) is 0. The van der Waals surface area contributed by atoms with Gasteiger partial charge in [0, 0.05) is 17.8 Å². The minimum absolute atomic E-state index is 0.150. The van der Waals surface area contributed by atoms with Crippen molar-refractivity contribution in [2.75, 3.05) is 19.8 Å². The summed E-state index contributed by atoms with van der Waals surface area (Å²) in [6.07, 6.45) is 5.06. The Kier molecular flexibility index (Phi) is 7.56. The van der Waals surface area contributed by atoms with Crippen LogP contribution >= 0.6 is 11.3 Å². The average Bonchev–Trinajstić information content (AvgIpc) is 3.52. The van der Waals surface area contributed by atoms with Crippen LogP contribution in [-0.2, 0) is 9.53 Å². The predicted octanol–water partition coefficient (Wildman–Crippen LogP) is 5.63. The second-order valence-electron chi connectivity index (χ2n) is 6.94. The molecule has 4 rings (SSSR count). The predicted molar refractivity (Wildman–Crippen MR) is 130 cm³/mol. The molecular weight excluding hydrogens is 436 g/mol. The lowest BCUT2D eigenvalue weighted by Gasteiger charge is -2.07. The third-order valence-corrected chi connectivity index (χ3v) is 5.52. The number of carbonyl (C=O) groups excluding carboxylic acids is 1. The van der Waals surface area contributed by atoms with Gasteiger partial charge in [0.25, 0.3) is 0 Å². The molecule has 0 fully saturated rings. The number of para-hydroxylation sites is 1. The van der Waals surface area contributed by atoms with Crippen molar-refractivity contribution in [3.63, 3.8) is 0 Å². The number of aromatic nitrogens is 2. The third-order valence-electron chi connectivity index (χ3n) is 4.65. The van der Waals surface area contributed by atoms with Crippen molar-refractivity contribution in [2.24, 2.45) is 0 Å². The molecule has 2 aromatic carbocycles. The van der Waals surface area contributed by atoms with Crippen molar-refractivity contribution < 1.29 is 19.0 Å². The molecule has 2 heterocycles. The summed E-state index contributed by atoms with van der Waals surface area (Å²) in [5, 5.41) is 6.73. The van der Waals surface area contributed by atoms with Gasteiger partial charge in [-0.1, -0.05) is 24.3 Å². The zero-order valence-corrected chi connectivity index (χ0v) is 19.0. The standard InChI is InChI=1S/C26H24N2O4S/c1-2-30-22-11-13-23(14-12-22)31-16-17-32-25(29)15-10-20-19-28(21-7-4-3-5-8-21)27-26(20)24-9-6-18-33-24/h3-15,18-19H,2,16-17H2,1H3. The smallest absolute Gasteiger partial charge is 0.330 e. The van der Waals surface area contributed by atoms with Crippen LogP contribution in [0.3, 0.4) is 0 Å². The first-order valence-electron chi connectivity index (χ1n) is 10.6. The van der Waals surface area contributed by atoms with E-state index in [-0.39, 0.29) is 13.2 Å². The fraction of sp³-hybridized carbons (Fsp3) is 0.154. The molecule has 0 bridgehead atoms. The molecule has 0 N–H and O–H groups in total. The summed E-state index contributed by atoms with van der Waals surface area (Å²) in [5.41, 5.74) is 2.60. The highest BCUT2D eigenvalue weighted by Crippen LogP contribution is 2.28. The minimum Gasteiger partial charge on any atom is -0.494 e. The number of carbonyl (C=O) groups is 1. The molecule has 33 heavy (non-hydrogen) atoms. The van der Waals surface area contributed by atoms with Crippen LogP contribution in [0.5, 0.6) is 11.5 Å². The van der Waals surface area contributed by atoms with E-state index in [0.29, 0.717) is 12.4 Å². The van der Waals surface area contributed by atoms with E-state index in [1.54, 1.807) is 17.4 Å². The Balaban J connectivity index is 1.35. The van der Waals surface area contributed by atoms with E-state index in [1.807, 2.05) is 89.9 Å². The van der Waals surface area contributed by atoms with E-state index < -0.39 is 5.97 Å². The topological polar surface area (TPSA) is 62.6 Å². The number of nitrogens with zero attached hydrogens (tertiary/aromatic N) is 2. The van der Waals surface area contributed by atoms with Gasteiger partial charge in [-0.25, -0.2) is 9.48 Å². The van der Waals surface area contributed by atoms with Gasteiger partial charge < -0.3 is 14.2 Å². The zero-order valence-electron chi connectivity index (χ0n) is 18.2. The lowest BCUT2D eigenvalue weighted by atomic mass is 10.2. The van der Waals surface area contributed by atoms with E-state index >= 15 is 0 Å². The number of esters is 1. The highest BCUT2D eigenvalue weighted by Gasteiger charge is 2.12.